The summed E-state index contributed by atoms with van der Waals surface area (Å²) >= 11 is 0. The van der Waals surface area contributed by atoms with Gasteiger partial charge in [0, 0.05) is 17.2 Å². The zero-order valence-corrected chi connectivity index (χ0v) is 21.3. The molecular formula is C32H35F3O. The van der Waals surface area contributed by atoms with E-state index in [2.05, 4.69) is 13.0 Å². The van der Waals surface area contributed by atoms with Gasteiger partial charge in [-0.2, -0.15) is 0 Å². The molecule has 0 N–H and O–H groups in total. The highest BCUT2D eigenvalue weighted by molar-refractivity contribution is 5.67. The summed E-state index contributed by atoms with van der Waals surface area (Å²) in [6.07, 6.45) is 9.07. The summed E-state index contributed by atoms with van der Waals surface area (Å²) < 4.78 is 50.0. The van der Waals surface area contributed by atoms with Crippen molar-refractivity contribution in [1.82, 2.24) is 0 Å². The molecule has 0 fully saturated rings. The summed E-state index contributed by atoms with van der Waals surface area (Å²) in [5, 5.41) is 0. The lowest BCUT2D eigenvalue weighted by Gasteiger charge is -2.23. The molecule has 0 saturated carbocycles. The Bertz CT molecular complexity index is 1200. The van der Waals surface area contributed by atoms with Gasteiger partial charge in [-0.3, -0.25) is 0 Å². The summed E-state index contributed by atoms with van der Waals surface area (Å²) in [4.78, 5) is 0. The summed E-state index contributed by atoms with van der Waals surface area (Å²) in [7, 11) is 0. The van der Waals surface area contributed by atoms with Gasteiger partial charge < -0.3 is 4.74 Å². The van der Waals surface area contributed by atoms with Crippen molar-refractivity contribution in [1.29, 1.82) is 0 Å². The van der Waals surface area contributed by atoms with Crippen LogP contribution in [0.2, 0.25) is 0 Å². The Kier molecular flexibility index (Phi) is 8.90. The van der Waals surface area contributed by atoms with E-state index < -0.39 is 11.6 Å². The van der Waals surface area contributed by atoms with Crippen molar-refractivity contribution < 1.29 is 17.9 Å². The van der Waals surface area contributed by atoms with E-state index in [9.17, 15) is 13.2 Å². The quantitative estimate of drug-likeness (QED) is 0.256. The maximum absolute atomic E-state index is 14.8. The van der Waals surface area contributed by atoms with Gasteiger partial charge in [0.1, 0.15) is 11.6 Å². The molecule has 36 heavy (non-hydrogen) atoms. The zero-order chi connectivity index (χ0) is 25.5. The number of hydrogen-bond acceptors (Lipinski definition) is 1. The second kappa shape index (κ2) is 12.3. The Morgan fingerprint density at radius 3 is 2.36 bits per heavy atom. The molecule has 3 aromatic rings. The van der Waals surface area contributed by atoms with Crippen LogP contribution in [0.25, 0.3) is 16.7 Å². The van der Waals surface area contributed by atoms with Gasteiger partial charge in [0.25, 0.3) is 0 Å². The molecular weight excluding hydrogens is 457 g/mol. The number of hydrogen-bond donors (Lipinski definition) is 0. The summed E-state index contributed by atoms with van der Waals surface area (Å²) in [5.41, 5.74) is 4.11. The first-order chi connectivity index (χ1) is 17.5. The lowest BCUT2D eigenvalue weighted by Crippen LogP contribution is -2.08. The van der Waals surface area contributed by atoms with E-state index in [1.165, 1.54) is 6.07 Å². The van der Waals surface area contributed by atoms with Crippen LogP contribution >= 0.6 is 0 Å². The Morgan fingerprint density at radius 2 is 1.67 bits per heavy atom. The minimum Gasteiger partial charge on any atom is -0.493 e. The van der Waals surface area contributed by atoms with E-state index in [0.717, 1.165) is 56.1 Å². The lowest BCUT2D eigenvalue weighted by molar-refractivity contribution is 0.304. The molecule has 1 aliphatic carbocycles. The highest BCUT2D eigenvalue weighted by atomic mass is 19.2. The van der Waals surface area contributed by atoms with Crippen molar-refractivity contribution in [3.63, 3.8) is 0 Å². The van der Waals surface area contributed by atoms with Crippen molar-refractivity contribution in [3.8, 4) is 16.9 Å². The molecule has 1 atom stereocenters. The van der Waals surface area contributed by atoms with Crippen LogP contribution in [-0.2, 0) is 6.42 Å². The molecule has 0 amide bonds. The first kappa shape index (κ1) is 26.1. The fraction of sp³-hybridized carbons (Fsp3) is 0.375. The van der Waals surface area contributed by atoms with Crippen LogP contribution in [0.1, 0.15) is 68.6 Å². The molecule has 0 aliphatic heterocycles. The summed E-state index contributed by atoms with van der Waals surface area (Å²) in [5.74, 6) is -0.838. The Hall–Kier alpha value is -3.01. The smallest absolute Gasteiger partial charge is 0.166 e. The molecule has 1 unspecified atom stereocenters. The van der Waals surface area contributed by atoms with Crippen molar-refractivity contribution in [2.45, 2.75) is 65.2 Å². The number of halogens is 3. The van der Waals surface area contributed by atoms with Crippen LogP contribution in [-0.4, -0.2) is 6.61 Å². The van der Waals surface area contributed by atoms with E-state index in [1.54, 1.807) is 12.1 Å². The second-order valence-electron chi connectivity index (χ2n) is 9.87. The van der Waals surface area contributed by atoms with Crippen LogP contribution in [0.15, 0.2) is 60.7 Å². The lowest BCUT2D eigenvalue weighted by atomic mass is 9.83. The normalized spacial score (nSPS) is 15.6. The van der Waals surface area contributed by atoms with E-state index in [0.29, 0.717) is 46.9 Å². The fourth-order valence-electron chi connectivity index (χ4n) is 4.88. The van der Waals surface area contributed by atoms with Gasteiger partial charge in [-0.1, -0.05) is 67.8 Å². The topological polar surface area (TPSA) is 9.23 Å². The third-order valence-electron chi connectivity index (χ3n) is 7.17. The monoisotopic (exact) mass is 492 g/mol. The van der Waals surface area contributed by atoms with Crippen molar-refractivity contribution >= 4 is 5.57 Å². The number of aryl methyl sites for hydroxylation is 2. The molecule has 1 aliphatic rings. The van der Waals surface area contributed by atoms with Crippen LogP contribution in [0.3, 0.4) is 0 Å². The summed E-state index contributed by atoms with van der Waals surface area (Å²) in [6, 6.07) is 15.9. The first-order valence-corrected chi connectivity index (χ1v) is 13.1. The van der Waals surface area contributed by atoms with Crippen LogP contribution in [0, 0.1) is 30.3 Å². The minimum absolute atomic E-state index is 0.251. The third-order valence-corrected chi connectivity index (χ3v) is 7.17. The minimum atomic E-state index is -0.782. The van der Waals surface area contributed by atoms with Crippen LogP contribution in [0.5, 0.6) is 5.75 Å². The van der Waals surface area contributed by atoms with Gasteiger partial charge in [-0.25, -0.2) is 13.2 Å². The van der Waals surface area contributed by atoms with Crippen molar-refractivity contribution in [2.24, 2.45) is 5.92 Å². The highest BCUT2D eigenvalue weighted by Crippen LogP contribution is 2.35. The Balaban J connectivity index is 1.34. The standard InChI is InChI=1S/C32H35F3O/c1-3-4-5-20-36-27-17-19-28(30(33)21-27)24-13-8-23(9-14-24)10-15-26-16-18-29(32(35)31(26)34)25-11-6-22(2)7-12-25/h6-7,11-13,16-19,21,23H,3-5,8-10,14-15,20H2,1-2H3. The molecule has 0 saturated heterocycles. The SMILES string of the molecule is CCCCCOc1ccc(C2=CCC(CCc3ccc(-c4ccc(C)cc4)c(F)c3F)CC2)c(F)c1. The fourth-order valence-corrected chi connectivity index (χ4v) is 4.88. The predicted octanol–water partition coefficient (Wildman–Crippen LogP) is 9.46. The Morgan fingerprint density at radius 1 is 0.889 bits per heavy atom. The first-order valence-electron chi connectivity index (χ1n) is 13.1. The predicted molar refractivity (Wildman–Crippen MR) is 142 cm³/mol. The highest BCUT2D eigenvalue weighted by Gasteiger charge is 2.20. The van der Waals surface area contributed by atoms with Crippen LogP contribution in [0.4, 0.5) is 13.2 Å². The number of unbranched alkanes of at least 4 members (excludes halogenated alkanes) is 2. The van der Waals surface area contributed by atoms with E-state index in [-0.39, 0.29) is 5.82 Å². The van der Waals surface area contributed by atoms with Gasteiger partial charge in [0.15, 0.2) is 11.6 Å². The molecule has 0 spiro atoms. The molecule has 0 heterocycles. The second-order valence-corrected chi connectivity index (χ2v) is 9.87. The van der Waals surface area contributed by atoms with E-state index >= 15 is 0 Å². The molecule has 3 aromatic carbocycles. The molecule has 190 valence electrons. The van der Waals surface area contributed by atoms with Crippen molar-refractivity contribution in [3.05, 3.63) is 94.8 Å². The van der Waals surface area contributed by atoms with Gasteiger partial charge in [-0.05, 0) is 80.2 Å². The zero-order valence-electron chi connectivity index (χ0n) is 21.3. The van der Waals surface area contributed by atoms with Gasteiger partial charge >= 0.3 is 0 Å². The molecule has 0 radical (unpaired) electrons. The number of allylic oxidation sites excluding steroid dienone is 2. The van der Waals surface area contributed by atoms with Crippen LogP contribution < -0.4 is 4.74 Å². The average Bonchev–Trinajstić information content (AvgIpc) is 2.89. The molecule has 0 aromatic heterocycles. The molecule has 1 nitrogen and oxygen atoms in total. The summed E-state index contributed by atoms with van der Waals surface area (Å²) in [6.45, 7) is 4.71. The van der Waals surface area contributed by atoms with Gasteiger partial charge in [0.05, 0.1) is 6.61 Å². The maximum atomic E-state index is 14.8. The molecule has 4 rings (SSSR count). The maximum Gasteiger partial charge on any atom is 0.166 e. The number of rotatable bonds is 10. The number of ether oxygens (including phenoxy) is 1. The van der Waals surface area contributed by atoms with Gasteiger partial charge in [0.2, 0.25) is 0 Å². The third kappa shape index (κ3) is 6.40. The van der Waals surface area contributed by atoms with Gasteiger partial charge in [-0.15, -0.1) is 0 Å². The van der Waals surface area contributed by atoms with E-state index in [4.69, 9.17) is 4.74 Å². The van der Waals surface area contributed by atoms with E-state index in [1.807, 2.05) is 43.3 Å². The van der Waals surface area contributed by atoms with Crippen molar-refractivity contribution in [2.75, 3.05) is 6.61 Å². The average molecular weight is 493 g/mol. The Labute approximate surface area is 213 Å². The largest absolute Gasteiger partial charge is 0.493 e. The molecule has 0 bridgehead atoms. The molecule has 4 heteroatoms. The number of benzene rings is 3.